The van der Waals surface area contributed by atoms with E-state index in [-0.39, 0.29) is 6.10 Å². The summed E-state index contributed by atoms with van der Waals surface area (Å²) < 4.78 is 0. The van der Waals surface area contributed by atoms with Crippen LogP contribution in [0.1, 0.15) is 31.7 Å². The summed E-state index contributed by atoms with van der Waals surface area (Å²) >= 11 is 1.58. The maximum Gasteiger partial charge on any atom is 0.208 e. The number of hydrogen-bond donors (Lipinski definition) is 1. The van der Waals surface area contributed by atoms with Crippen LogP contribution in [0.2, 0.25) is 0 Å². The molecule has 0 aliphatic rings. The van der Waals surface area contributed by atoms with E-state index in [1.165, 1.54) is 0 Å². The van der Waals surface area contributed by atoms with E-state index in [4.69, 9.17) is 0 Å². The number of hydrogen-bond acceptors (Lipinski definition) is 5. The molecule has 4 nitrogen and oxygen atoms in total. The maximum atomic E-state index is 9.21. The van der Waals surface area contributed by atoms with Crippen LogP contribution in [0.25, 0.3) is 0 Å². The summed E-state index contributed by atoms with van der Waals surface area (Å²) in [5, 5.41) is 19.3. The number of aromatic nitrogens is 2. The molecule has 0 bridgehead atoms. The van der Waals surface area contributed by atoms with Gasteiger partial charge in [-0.3, -0.25) is 0 Å². The van der Waals surface area contributed by atoms with Crippen molar-refractivity contribution in [2.45, 2.75) is 32.8 Å². The first-order valence-corrected chi connectivity index (χ1v) is 5.55. The second-order valence-electron chi connectivity index (χ2n) is 3.81. The van der Waals surface area contributed by atoms with Gasteiger partial charge in [0.25, 0.3) is 0 Å². The molecule has 0 amide bonds. The van der Waals surface area contributed by atoms with Crippen molar-refractivity contribution in [3.05, 3.63) is 5.01 Å². The molecule has 0 fully saturated rings. The summed E-state index contributed by atoms with van der Waals surface area (Å²) in [6.07, 6.45) is -0.341. The summed E-state index contributed by atoms with van der Waals surface area (Å²) in [6.45, 7) is 6.55. The molecule has 0 aromatic carbocycles. The Bertz CT molecular complexity index is 285. The molecule has 0 aliphatic carbocycles. The minimum Gasteiger partial charge on any atom is -0.392 e. The van der Waals surface area contributed by atoms with Crippen molar-refractivity contribution in [1.82, 2.24) is 10.2 Å². The molecular formula is C9H17N3OS. The molecule has 80 valence electrons. The zero-order valence-corrected chi connectivity index (χ0v) is 9.88. The molecular weight excluding hydrogens is 198 g/mol. The number of likely N-dealkylation sites (N-methyl/N-ethyl adjacent to an activating group) is 1. The van der Waals surface area contributed by atoms with E-state index in [1.54, 1.807) is 18.3 Å². The number of nitrogens with zero attached hydrogens (tertiary/aromatic N) is 3. The lowest BCUT2D eigenvalue weighted by molar-refractivity contribution is 0.201. The largest absolute Gasteiger partial charge is 0.392 e. The fourth-order valence-corrected chi connectivity index (χ4v) is 1.90. The van der Waals surface area contributed by atoms with E-state index in [0.29, 0.717) is 12.5 Å². The molecule has 1 N–H and O–H groups in total. The number of aliphatic hydroxyl groups is 1. The van der Waals surface area contributed by atoms with Crippen molar-refractivity contribution in [3.8, 4) is 0 Å². The van der Waals surface area contributed by atoms with Crippen LogP contribution in [0.5, 0.6) is 0 Å². The lowest BCUT2D eigenvalue weighted by Gasteiger charge is -2.16. The van der Waals surface area contributed by atoms with Crippen molar-refractivity contribution < 1.29 is 5.11 Å². The van der Waals surface area contributed by atoms with Crippen LogP contribution in [0.4, 0.5) is 5.13 Å². The van der Waals surface area contributed by atoms with Gasteiger partial charge in [0.1, 0.15) is 5.01 Å². The predicted octanol–water partition coefficient (Wildman–Crippen LogP) is 1.48. The average molecular weight is 215 g/mol. The van der Waals surface area contributed by atoms with Gasteiger partial charge in [-0.25, -0.2) is 0 Å². The second kappa shape index (κ2) is 4.70. The maximum absolute atomic E-state index is 9.21. The van der Waals surface area contributed by atoms with Crippen molar-refractivity contribution in [2.75, 3.05) is 18.5 Å². The average Bonchev–Trinajstić information content (AvgIpc) is 2.50. The zero-order chi connectivity index (χ0) is 10.7. The minimum absolute atomic E-state index is 0.341. The molecule has 1 aromatic heterocycles. The van der Waals surface area contributed by atoms with Crippen LogP contribution in [0.3, 0.4) is 0 Å². The Hall–Kier alpha value is -0.680. The molecule has 14 heavy (non-hydrogen) atoms. The van der Waals surface area contributed by atoms with E-state index in [0.717, 1.165) is 10.1 Å². The molecule has 0 aliphatic heterocycles. The Balaban J connectivity index is 2.66. The first kappa shape index (κ1) is 11.4. The first-order chi connectivity index (χ1) is 6.50. The van der Waals surface area contributed by atoms with E-state index in [1.807, 2.05) is 11.9 Å². The minimum atomic E-state index is -0.341. The van der Waals surface area contributed by atoms with Crippen LogP contribution < -0.4 is 4.90 Å². The Labute approximate surface area is 88.6 Å². The van der Waals surface area contributed by atoms with Gasteiger partial charge in [-0.05, 0) is 6.92 Å². The highest BCUT2D eigenvalue weighted by Gasteiger charge is 2.12. The Kier molecular flexibility index (Phi) is 3.83. The van der Waals surface area contributed by atoms with E-state index >= 15 is 0 Å². The summed E-state index contributed by atoms with van der Waals surface area (Å²) in [4.78, 5) is 1.92. The molecule has 1 atom stereocenters. The van der Waals surface area contributed by atoms with Crippen LogP contribution in [-0.2, 0) is 0 Å². The Morgan fingerprint density at radius 1 is 1.36 bits per heavy atom. The standard InChI is InChI=1S/C9H17N3OS/c1-6(2)8-10-11-9(14-8)12(4)5-7(3)13/h6-7,13H,5H2,1-4H3. The molecule has 5 heteroatoms. The van der Waals surface area contributed by atoms with Crippen LogP contribution in [0, 0.1) is 0 Å². The van der Waals surface area contributed by atoms with Gasteiger partial charge in [0, 0.05) is 19.5 Å². The van der Waals surface area contributed by atoms with E-state index in [9.17, 15) is 5.11 Å². The summed E-state index contributed by atoms with van der Waals surface area (Å²) in [5.74, 6) is 0.418. The monoisotopic (exact) mass is 215 g/mol. The summed E-state index contributed by atoms with van der Waals surface area (Å²) in [7, 11) is 1.91. The Morgan fingerprint density at radius 2 is 2.00 bits per heavy atom. The van der Waals surface area contributed by atoms with Gasteiger partial charge in [0.15, 0.2) is 0 Å². The van der Waals surface area contributed by atoms with E-state index in [2.05, 4.69) is 24.0 Å². The third kappa shape index (κ3) is 2.92. The van der Waals surface area contributed by atoms with Crippen LogP contribution in [0.15, 0.2) is 0 Å². The highest BCUT2D eigenvalue weighted by atomic mass is 32.1. The molecule has 0 saturated carbocycles. The fraction of sp³-hybridized carbons (Fsp3) is 0.778. The van der Waals surface area contributed by atoms with E-state index < -0.39 is 0 Å². The van der Waals surface area contributed by atoms with Gasteiger partial charge in [-0.2, -0.15) is 0 Å². The molecule has 1 aromatic rings. The molecule has 0 saturated heterocycles. The molecule has 0 radical (unpaired) electrons. The lowest BCUT2D eigenvalue weighted by Crippen LogP contribution is -2.26. The summed E-state index contributed by atoms with van der Waals surface area (Å²) in [6, 6.07) is 0. The lowest BCUT2D eigenvalue weighted by atomic mass is 10.2. The van der Waals surface area contributed by atoms with Crippen molar-refractivity contribution in [3.63, 3.8) is 0 Å². The quantitative estimate of drug-likeness (QED) is 0.826. The molecule has 0 spiro atoms. The van der Waals surface area contributed by atoms with Gasteiger partial charge >= 0.3 is 0 Å². The van der Waals surface area contributed by atoms with Crippen LogP contribution in [-0.4, -0.2) is 35.0 Å². The zero-order valence-electron chi connectivity index (χ0n) is 9.06. The van der Waals surface area contributed by atoms with Gasteiger partial charge in [-0.15, -0.1) is 10.2 Å². The van der Waals surface area contributed by atoms with Crippen molar-refractivity contribution in [2.24, 2.45) is 0 Å². The highest BCUT2D eigenvalue weighted by Crippen LogP contribution is 2.24. The topological polar surface area (TPSA) is 49.2 Å². The SMILES string of the molecule is CC(O)CN(C)c1nnc(C(C)C)s1. The normalized spacial score (nSPS) is 13.3. The van der Waals surface area contributed by atoms with Gasteiger partial charge in [0.05, 0.1) is 6.10 Å². The second-order valence-corrected chi connectivity index (χ2v) is 4.79. The molecule has 1 unspecified atom stereocenters. The number of aliphatic hydroxyl groups excluding tert-OH is 1. The Morgan fingerprint density at radius 3 is 2.43 bits per heavy atom. The summed E-state index contributed by atoms with van der Waals surface area (Å²) in [5.41, 5.74) is 0. The van der Waals surface area contributed by atoms with Gasteiger partial charge in [0.2, 0.25) is 5.13 Å². The predicted molar refractivity (Wildman–Crippen MR) is 58.9 cm³/mol. The molecule has 1 rings (SSSR count). The molecule has 1 heterocycles. The number of rotatable bonds is 4. The third-order valence-corrected chi connectivity index (χ3v) is 3.13. The highest BCUT2D eigenvalue weighted by molar-refractivity contribution is 7.15. The van der Waals surface area contributed by atoms with Crippen LogP contribution >= 0.6 is 11.3 Å². The number of anilines is 1. The van der Waals surface area contributed by atoms with Crippen molar-refractivity contribution >= 4 is 16.5 Å². The van der Waals surface area contributed by atoms with Crippen molar-refractivity contribution in [1.29, 1.82) is 0 Å². The van der Waals surface area contributed by atoms with Gasteiger partial charge < -0.3 is 10.0 Å². The first-order valence-electron chi connectivity index (χ1n) is 4.73. The van der Waals surface area contributed by atoms with Gasteiger partial charge in [-0.1, -0.05) is 25.2 Å². The smallest absolute Gasteiger partial charge is 0.208 e. The fourth-order valence-electron chi connectivity index (χ4n) is 1.09. The third-order valence-electron chi connectivity index (χ3n) is 1.79.